The Morgan fingerprint density at radius 2 is 1.11 bits per heavy atom. The number of alkyl halides is 10. The van der Waals surface area contributed by atoms with Crippen molar-refractivity contribution in [3.8, 4) is 22.4 Å². The lowest BCUT2D eigenvalue weighted by molar-refractivity contribution is -0.295. The highest BCUT2D eigenvalue weighted by Gasteiger charge is 2.60. The zero-order valence-corrected chi connectivity index (χ0v) is 28.5. The first kappa shape index (κ1) is 38.6. The van der Waals surface area contributed by atoms with Gasteiger partial charge in [-0.3, -0.25) is 0 Å². The maximum absolute atomic E-state index is 14.3. The van der Waals surface area contributed by atoms with Crippen LogP contribution >= 0.6 is 0 Å². The van der Waals surface area contributed by atoms with E-state index in [9.17, 15) is 43.9 Å². The maximum Gasteiger partial charge on any atom is 0.598 e. The number of benzene rings is 4. The van der Waals surface area contributed by atoms with Gasteiger partial charge < -0.3 is 13.8 Å². The molecule has 280 valence electrons. The number of aliphatic imine (C=N–C) groups is 1. The molecule has 0 atom stereocenters. The third kappa shape index (κ3) is 7.74. The van der Waals surface area contributed by atoms with Crippen LogP contribution in [0.15, 0.2) is 114 Å². The second kappa shape index (κ2) is 14.6. The number of aromatic nitrogens is 1. The molecule has 1 aliphatic rings. The molecule has 0 radical (unpaired) electrons. The van der Waals surface area contributed by atoms with Gasteiger partial charge in [-0.05, 0) is 42.7 Å². The standard InChI is InChI=1S/C39H29BF10N2O2/c1-24-17-18-28(25(2)19-24)35-30-16-10-9-15-29(30)32(51-35)21-34-31(26-11-5-3-6-12-26)20-33(27-13-7-4-8-14-27)52(34)40(53-22-36(41,42)38(45,46)47)54-23-37(43,44)39(48,49)50/h3-21H,22-23H2,1-2H3/b32-21-. The molecule has 5 aromatic rings. The van der Waals surface area contributed by atoms with Gasteiger partial charge in [0.1, 0.15) is 13.2 Å². The first-order chi connectivity index (χ1) is 25.4. The van der Waals surface area contributed by atoms with Gasteiger partial charge in [0, 0.05) is 33.6 Å². The average Bonchev–Trinajstić information content (AvgIpc) is 3.67. The zero-order chi connectivity index (χ0) is 39.1. The number of halogens is 10. The molecule has 0 amide bonds. The number of aryl methyl sites for hydroxylation is 2. The van der Waals surface area contributed by atoms with Crippen molar-refractivity contribution in [1.29, 1.82) is 0 Å². The van der Waals surface area contributed by atoms with Gasteiger partial charge in [-0.15, -0.1) is 0 Å². The van der Waals surface area contributed by atoms with Gasteiger partial charge in [0.2, 0.25) is 0 Å². The fraction of sp³-hybridized carbons (Fsp3) is 0.205. The molecule has 1 aliphatic heterocycles. The molecular weight excluding hydrogens is 729 g/mol. The van der Waals surface area contributed by atoms with E-state index in [0.29, 0.717) is 22.4 Å². The third-order valence-corrected chi connectivity index (χ3v) is 8.69. The monoisotopic (exact) mass is 758 g/mol. The molecule has 0 saturated carbocycles. The molecule has 15 heteroatoms. The first-order valence-electron chi connectivity index (χ1n) is 16.3. The number of nitrogens with zero attached hydrogens (tertiary/aromatic N) is 2. The Labute approximate surface area is 303 Å². The fourth-order valence-corrected chi connectivity index (χ4v) is 5.99. The number of hydrogen-bond acceptors (Lipinski definition) is 3. The molecule has 0 N–H and O–H groups in total. The zero-order valence-electron chi connectivity index (χ0n) is 28.5. The van der Waals surface area contributed by atoms with Gasteiger partial charge in [0.25, 0.3) is 0 Å². The molecule has 54 heavy (non-hydrogen) atoms. The smallest absolute Gasteiger partial charge is 0.385 e. The highest BCUT2D eigenvalue weighted by Crippen LogP contribution is 2.41. The molecule has 0 aliphatic carbocycles. The number of rotatable bonds is 11. The molecule has 0 bridgehead atoms. The lowest BCUT2D eigenvalue weighted by Crippen LogP contribution is -2.48. The van der Waals surface area contributed by atoms with Crippen LogP contribution in [0.2, 0.25) is 0 Å². The van der Waals surface area contributed by atoms with Crippen molar-refractivity contribution < 1.29 is 53.2 Å². The molecule has 4 aromatic carbocycles. The summed E-state index contributed by atoms with van der Waals surface area (Å²) < 4.78 is 148. The van der Waals surface area contributed by atoms with E-state index in [4.69, 9.17) is 14.3 Å². The maximum atomic E-state index is 14.3. The van der Waals surface area contributed by atoms with Crippen LogP contribution in [-0.2, 0) is 9.31 Å². The normalized spacial score (nSPS) is 14.4. The molecule has 0 unspecified atom stereocenters. The van der Waals surface area contributed by atoms with Crippen LogP contribution in [0.25, 0.3) is 34.2 Å². The van der Waals surface area contributed by atoms with E-state index in [-0.39, 0.29) is 28.2 Å². The van der Waals surface area contributed by atoms with E-state index in [2.05, 4.69) is 0 Å². The molecule has 1 aromatic heterocycles. The summed E-state index contributed by atoms with van der Waals surface area (Å²) in [6.45, 7) is -1.13. The fourth-order valence-electron chi connectivity index (χ4n) is 5.99. The van der Waals surface area contributed by atoms with Crippen LogP contribution in [-0.4, -0.2) is 54.9 Å². The van der Waals surface area contributed by atoms with Crippen molar-refractivity contribution in [2.45, 2.75) is 38.0 Å². The summed E-state index contributed by atoms with van der Waals surface area (Å²) in [7, 11) is -2.68. The van der Waals surface area contributed by atoms with E-state index >= 15 is 0 Å². The Morgan fingerprint density at radius 1 is 0.593 bits per heavy atom. The van der Waals surface area contributed by atoms with Gasteiger partial charge in [-0.1, -0.05) is 109 Å². The van der Waals surface area contributed by atoms with Gasteiger partial charge in [-0.25, -0.2) is 4.99 Å². The van der Waals surface area contributed by atoms with Gasteiger partial charge in [-0.2, -0.15) is 43.9 Å². The molecule has 2 heterocycles. The predicted molar refractivity (Wildman–Crippen MR) is 186 cm³/mol. The van der Waals surface area contributed by atoms with Crippen molar-refractivity contribution in [3.05, 3.63) is 143 Å². The second-order valence-corrected chi connectivity index (χ2v) is 12.6. The van der Waals surface area contributed by atoms with Crippen LogP contribution in [0, 0.1) is 13.8 Å². The van der Waals surface area contributed by atoms with Crippen molar-refractivity contribution in [1.82, 2.24) is 4.48 Å². The van der Waals surface area contributed by atoms with Gasteiger partial charge in [0.15, 0.2) is 0 Å². The van der Waals surface area contributed by atoms with Crippen LogP contribution in [0.4, 0.5) is 43.9 Å². The Morgan fingerprint density at radius 3 is 1.65 bits per heavy atom. The molecule has 4 nitrogen and oxygen atoms in total. The number of hydrogen-bond donors (Lipinski definition) is 0. The molecule has 0 spiro atoms. The van der Waals surface area contributed by atoms with Crippen LogP contribution in [0.5, 0.6) is 0 Å². The Hall–Kier alpha value is -5.15. The average molecular weight is 758 g/mol. The minimum absolute atomic E-state index is 0.0261. The van der Waals surface area contributed by atoms with E-state index in [0.717, 1.165) is 21.2 Å². The highest BCUT2D eigenvalue weighted by atomic mass is 19.4. The Kier molecular flexibility index (Phi) is 10.4. The quantitative estimate of drug-likeness (QED) is 0.0993. The molecule has 0 fully saturated rings. The lowest BCUT2D eigenvalue weighted by atomic mass is 9.95. The third-order valence-electron chi connectivity index (χ3n) is 8.69. The molecule has 6 rings (SSSR count). The Bertz CT molecular complexity index is 2160. The molecular formula is C39H29BF10N2O2. The summed E-state index contributed by atoms with van der Waals surface area (Å²) in [6, 6.07) is 30.4. The summed E-state index contributed by atoms with van der Waals surface area (Å²) in [6.07, 6.45) is -10.9. The summed E-state index contributed by atoms with van der Waals surface area (Å²) in [5.41, 5.74) is 5.66. The summed E-state index contributed by atoms with van der Waals surface area (Å²) in [5, 5.41) is 0. The minimum atomic E-state index is -6.15. The summed E-state index contributed by atoms with van der Waals surface area (Å²) in [4.78, 5) is 4.91. The van der Waals surface area contributed by atoms with E-state index in [1.165, 1.54) is 24.3 Å². The molecule has 0 saturated heterocycles. The van der Waals surface area contributed by atoms with Crippen LogP contribution in [0.3, 0.4) is 0 Å². The van der Waals surface area contributed by atoms with E-state index in [1.54, 1.807) is 66.7 Å². The second-order valence-electron chi connectivity index (χ2n) is 12.6. The van der Waals surface area contributed by atoms with Crippen LogP contribution in [0.1, 0.15) is 33.5 Å². The number of fused-ring (bicyclic) bond motifs is 1. The van der Waals surface area contributed by atoms with Gasteiger partial charge in [0.05, 0.1) is 11.4 Å². The Balaban J connectivity index is 1.63. The topological polar surface area (TPSA) is 35.8 Å². The van der Waals surface area contributed by atoms with Crippen molar-refractivity contribution in [2.75, 3.05) is 13.2 Å². The highest BCUT2D eigenvalue weighted by molar-refractivity contribution is 6.44. The lowest BCUT2D eigenvalue weighted by Gasteiger charge is -2.26. The van der Waals surface area contributed by atoms with Crippen molar-refractivity contribution in [2.24, 2.45) is 4.99 Å². The van der Waals surface area contributed by atoms with E-state index in [1.807, 2.05) is 38.1 Å². The van der Waals surface area contributed by atoms with Crippen LogP contribution < -0.4 is 0 Å². The van der Waals surface area contributed by atoms with Crippen molar-refractivity contribution >= 4 is 24.7 Å². The van der Waals surface area contributed by atoms with E-state index < -0.39 is 44.7 Å². The summed E-state index contributed by atoms with van der Waals surface area (Å²) in [5.74, 6) is -11.1. The largest absolute Gasteiger partial charge is 0.598 e. The summed E-state index contributed by atoms with van der Waals surface area (Å²) >= 11 is 0. The van der Waals surface area contributed by atoms with Gasteiger partial charge >= 0.3 is 31.5 Å². The first-order valence-corrected chi connectivity index (χ1v) is 16.3. The SMILES string of the molecule is Cc1ccc(C2=N/C(=C\c3c(-c4ccccc4)cc(-c4ccccc4)n3B(OCC(F)(F)C(F)(F)F)OCC(F)(F)C(F)(F)F)c3ccccc32)c(C)c1. The minimum Gasteiger partial charge on any atom is -0.385 e. The predicted octanol–water partition coefficient (Wildman–Crippen LogP) is 11.0. The van der Waals surface area contributed by atoms with Crippen molar-refractivity contribution in [3.63, 3.8) is 0 Å².